The Balaban J connectivity index is 1.51. The number of fused-ring (bicyclic) bond motifs is 1. The van der Waals surface area contributed by atoms with Crippen LogP contribution in [0.25, 0.3) is 0 Å². The van der Waals surface area contributed by atoms with Crippen LogP contribution in [0.2, 0.25) is 0 Å². The Bertz CT molecular complexity index is 1490. The van der Waals surface area contributed by atoms with Crippen LogP contribution < -0.4 is 22.1 Å². The number of nitrogens with zero attached hydrogens (tertiary/aromatic N) is 1. The Kier molecular flexibility index (Phi) is 17.1. The number of rotatable bonds is 19. The number of ether oxygens (including phenoxy) is 5. The molecule has 10 atom stereocenters. The molecule has 0 aromatic rings. The van der Waals surface area contributed by atoms with Crippen molar-refractivity contribution in [3.05, 3.63) is 48.6 Å². The summed E-state index contributed by atoms with van der Waals surface area (Å²) >= 11 is 0. The minimum absolute atomic E-state index is 0.0283. The molecule has 9 N–H and O–H groups in total. The van der Waals surface area contributed by atoms with Crippen molar-refractivity contribution in [1.29, 1.82) is 0 Å². The van der Waals surface area contributed by atoms with Gasteiger partial charge in [-0.2, -0.15) is 0 Å². The second-order valence-corrected chi connectivity index (χ2v) is 14.9. The molecule has 56 heavy (non-hydrogen) atoms. The summed E-state index contributed by atoms with van der Waals surface area (Å²) in [6.07, 6.45) is 2.07. The van der Waals surface area contributed by atoms with E-state index >= 15 is 8.78 Å². The lowest BCUT2D eigenvalue weighted by Crippen LogP contribution is -2.71. The minimum atomic E-state index is -3.47. The first-order valence-electron chi connectivity index (χ1n) is 18.7. The zero-order valence-electron chi connectivity index (χ0n) is 32.7. The van der Waals surface area contributed by atoms with E-state index in [9.17, 15) is 29.7 Å². The number of guanidine groups is 1. The van der Waals surface area contributed by atoms with Crippen LogP contribution in [0.1, 0.15) is 72.6 Å². The van der Waals surface area contributed by atoms with Gasteiger partial charge in [0.1, 0.15) is 18.9 Å². The van der Waals surface area contributed by atoms with Crippen LogP contribution in [0.4, 0.5) is 8.78 Å². The maximum atomic E-state index is 16.1. The third kappa shape index (κ3) is 11.9. The van der Waals surface area contributed by atoms with E-state index in [4.69, 9.17) is 35.2 Å². The number of amides is 2. The number of aliphatic carboxylic acids is 1. The normalized spacial score (nSPS) is 30.4. The summed E-state index contributed by atoms with van der Waals surface area (Å²) in [5.74, 6) is -8.11. The van der Waals surface area contributed by atoms with E-state index in [0.29, 0.717) is 24.8 Å². The number of carboxylic acids is 1. The summed E-state index contributed by atoms with van der Waals surface area (Å²) < 4.78 is 60.6. The number of aliphatic imine (C=N–C) groups is 1. The quantitative estimate of drug-likeness (QED) is 0.0248. The van der Waals surface area contributed by atoms with Crippen molar-refractivity contribution >= 4 is 23.7 Å². The Hall–Kier alpha value is -3.78. The van der Waals surface area contributed by atoms with Crippen LogP contribution in [0.5, 0.6) is 0 Å². The molecule has 3 aliphatic heterocycles. The van der Waals surface area contributed by atoms with Gasteiger partial charge in [-0.25, -0.2) is 13.6 Å². The SMILES string of the molecule is C=C1C[C@](OC)([C@H](O)C(=O)N[C@H]2OCO[C@H]3[C@@H]2O[C@H](C[C@H](O)CCC/C=C/C=C/C=C/C(=O)N[C@@H](CCCN=C(N)N)C(=O)O)C(C)(C)C3(F)F)O[C@H](C)[C@@H]1C. The van der Waals surface area contributed by atoms with Gasteiger partial charge >= 0.3 is 5.97 Å². The molecule has 18 heteroatoms. The van der Waals surface area contributed by atoms with Gasteiger partial charge in [-0.1, -0.05) is 63.3 Å². The summed E-state index contributed by atoms with van der Waals surface area (Å²) in [6, 6.07) is -1.09. The highest BCUT2D eigenvalue weighted by molar-refractivity contribution is 5.91. The highest BCUT2D eigenvalue weighted by Crippen LogP contribution is 2.52. The number of unbranched alkanes of at least 4 members (excludes halogenated alkanes) is 1. The largest absolute Gasteiger partial charge is 0.480 e. The lowest BCUT2D eigenvalue weighted by molar-refractivity contribution is -0.372. The van der Waals surface area contributed by atoms with Gasteiger partial charge in [0.05, 0.1) is 23.7 Å². The van der Waals surface area contributed by atoms with Crippen molar-refractivity contribution in [3.63, 3.8) is 0 Å². The van der Waals surface area contributed by atoms with Crippen LogP contribution in [0.3, 0.4) is 0 Å². The first-order chi connectivity index (χ1) is 26.3. The van der Waals surface area contributed by atoms with E-state index in [-0.39, 0.29) is 44.1 Å². The van der Waals surface area contributed by atoms with Crippen LogP contribution in [0, 0.1) is 11.3 Å². The van der Waals surface area contributed by atoms with Crippen molar-refractivity contribution in [2.45, 2.75) is 133 Å². The molecule has 0 spiro atoms. The predicted molar refractivity (Wildman–Crippen MR) is 201 cm³/mol. The van der Waals surface area contributed by atoms with Gasteiger partial charge in [0.2, 0.25) is 11.7 Å². The lowest BCUT2D eigenvalue weighted by Gasteiger charge is -2.54. The molecule has 0 aliphatic carbocycles. The van der Waals surface area contributed by atoms with Gasteiger partial charge in [-0.15, -0.1) is 0 Å². The summed E-state index contributed by atoms with van der Waals surface area (Å²) in [5.41, 5.74) is 9.43. The van der Waals surface area contributed by atoms with Crippen molar-refractivity contribution < 1.29 is 62.2 Å². The second kappa shape index (κ2) is 20.6. The third-order valence-corrected chi connectivity index (χ3v) is 10.6. The molecule has 3 aliphatic rings. The number of hydrogen-bond donors (Lipinski definition) is 7. The van der Waals surface area contributed by atoms with Crippen LogP contribution >= 0.6 is 0 Å². The number of hydrogen-bond acceptors (Lipinski definition) is 11. The smallest absolute Gasteiger partial charge is 0.326 e. The highest BCUT2D eigenvalue weighted by atomic mass is 19.3. The number of allylic oxidation sites excluding steroid dienone is 5. The molecular weight excluding hydrogens is 740 g/mol. The lowest BCUT2D eigenvalue weighted by atomic mass is 9.71. The Morgan fingerprint density at radius 3 is 2.43 bits per heavy atom. The summed E-state index contributed by atoms with van der Waals surface area (Å²) in [5, 5.41) is 36.2. The fourth-order valence-electron chi connectivity index (χ4n) is 6.75. The van der Waals surface area contributed by atoms with E-state index < -0.39 is 90.6 Å². The Labute approximate surface area is 326 Å². The van der Waals surface area contributed by atoms with E-state index in [2.05, 4.69) is 22.2 Å². The number of carbonyl (C=O) groups excluding carboxylic acids is 2. The number of methoxy groups -OCH3 is 1. The number of carbonyl (C=O) groups is 3. The highest BCUT2D eigenvalue weighted by Gasteiger charge is 2.67. The first kappa shape index (κ1) is 46.6. The van der Waals surface area contributed by atoms with E-state index in [1.54, 1.807) is 25.2 Å². The summed E-state index contributed by atoms with van der Waals surface area (Å²) in [7, 11) is 1.29. The van der Waals surface area contributed by atoms with Crippen molar-refractivity contribution in [2.75, 3.05) is 20.4 Å². The number of nitrogens with one attached hydrogen (secondary N) is 2. The zero-order chi connectivity index (χ0) is 41.8. The molecule has 0 bridgehead atoms. The van der Waals surface area contributed by atoms with E-state index in [1.807, 2.05) is 13.0 Å². The van der Waals surface area contributed by atoms with Gasteiger partial charge in [-0.3, -0.25) is 14.6 Å². The topological polar surface area (TPSA) is 247 Å². The van der Waals surface area contributed by atoms with Gasteiger partial charge in [0.15, 0.2) is 24.4 Å². The first-order valence-corrected chi connectivity index (χ1v) is 18.7. The van der Waals surface area contributed by atoms with Crippen molar-refractivity contribution in [2.24, 2.45) is 27.8 Å². The Morgan fingerprint density at radius 1 is 1.09 bits per heavy atom. The number of halogens is 2. The number of carboxylic acid groups (broad SMARTS) is 1. The molecule has 3 fully saturated rings. The molecule has 2 amide bonds. The summed E-state index contributed by atoms with van der Waals surface area (Å²) in [4.78, 5) is 40.7. The van der Waals surface area contributed by atoms with Crippen LogP contribution in [-0.2, 0) is 38.1 Å². The number of alkyl halides is 2. The van der Waals surface area contributed by atoms with Crippen LogP contribution in [-0.4, -0.2) is 120 Å². The summed E-state index contributed by atoms with van der Waals surface area (Å²) in [6.45, 7) is 10.0. The standard InChI is InChI=1S/C38H59F2N5O11/c1-22-20-37(52-6,56-24(3)23(22)2)30(48)32(49)45-33-29-31(53-21-54-33)38(39,40)36(4,5)27(55-29)19-25(46)15-12-10-8-7-9-11-13-17-28(47)44-26(34(50)51)16-14-18-43-35(41)42/h7-9,11,13,17,23-27,29-31,33,46,48H,1,10,12,14-16,18-21H2,2-6H3,(H,44,47)(H,45,49)(H,50,51)(H4,41,42,43)/b8-7+,11-9+,17-13+/t23-,24-,25-,26+,27-,29+,30-,31+,33+,37-/m1/s1. The molecule has 3 rings (SSSR count). The molecule has 0 unspecified atom stereocenters. The molecule has 0 aromatic carbocycles. The van der Waals surface area contributed by atoms with Gasteiger partial charge in [0, 0.05) is 38.5 Å². The molecule has 316 valence electrons. The van der Waals surface area contributed by atoms with Crippen molar-refractivity contribution in [3.8, 4) is 0 Å². The fraction of sp³-hybridized carbons (Fsp3) is 0.684. The molecule has 3 saturated heterocycles. The molecule has 0 aromatic heterocycles. The third-order valence-electron chi connectivity index (χ3n) is 10.6. The minimum Gasteiger partial charge on any atom is -0.480 e. The molecule has 0 saturated carbocycles. The second-order valence-electron chi connectivity index (χ2n) is 14.9. The van der Waals surface area contributed by atoms with Gasteiger partial charge < -0.3 is 61.1 Å². The fourth-order valence-corrected chi connectivity index (χ4v) is 6.75. The van der Waals surface area contributed by atoms with E-state index in [1.165, 1.54) is 33.1 Å². The Morgan fingerprint density at radius 2 is 1.79 bits per heavy atom. The van der Waals surface area contributed by atoms with Crippen molar-refractivity contribution in [1.82, 2.24) is 10.6 Å². The van der Waals surface area contributed by atoms with Crippen LogP contribution in [0.15, 0.2) is 53.6 Å². The zero-order valence-corrected chi connectivity index (χ0v) is 32.7. The maximum Gasteiger partial charge on any atom is 0.326 e. The molecule has 3 heterocycles. The monoisotopic (exact) mass is 799 g/mol. The van der Waals surface area contributed by atoms with Gasteiger partial charge in [0.25, 0.3) is 11.8 Å². The molecular formula is C38H59F2N5O11. The van der Waals surface area contributed by atoms with Gasteiger partial charge in [-0.05, 0) is 39.0 Å². The molecule has 0 radical (unpaired) electrons. The number of aliphatic hydroxyl groups excluding tert-OH is 2. The maximum absolute atomic E-state index is 16.1. The van der Waals surface area contributed by atoms with E-state index in [0.717, 1.165) is 0 Å². The average molecular weight is 800 g/mol. The number of nitrogens with two attached hydrogens (primary N) is 2. The molecule has 16 nitrogen and oxygen atoms in total. The predicted octanol–water partition coefficient (Wildman–Crippen LogP) is 2.15. The average Bonchev–Trinajstić information content (AvgIpc) is 3.13. The number of aliphatic hydroxyl groups is 2.